The van der Waals surface area contributed by atoms with Gasteiger partial charge in [-0.3, -0.25) is 0 Å². The molecule has 1 N–H and O–H groups in total. The zero-order valence-electron chi connectivity index (χ0n) is 19.3. The van der Waals surface area contributed by atoms with E-state index in [1.54, 1.807) is 7.11 Å². The van der Waals surface area contributed by atoms with Crippen molar-refractivity contribution >= 4 is 23.1 Å². The first-order chi connectivity index (χ1) is 15.3. The van der Waals surface area contributed by atoms with Crippen molar-refractivity contribution in [2.24, 2.45) is 0 Å². The van der Waals surface area contributed by atoms with Crippen LogP contribution >= 0.6 is 0 Å². The van der Waals surface area contributed by atoms with Gasteiger partial charge in [0, 0.05) is 19.1 Å². The zero-order valence-corrected chi connectivity index (χ0v) is 19.3. The molecular weight excluding hydrogens is 404 g/mol. The maximum atomic E-state index is 12.3. The highest BCUT2D eigenvalue weighted by Gasteiger charge is 2.27. The average Bonchev–Trinajstić information content (AvgIpc) is 3.11. The molecule has 4 rings (SSSR count). The number of anilines is 1. The number of hydrogen-bond donors (Lipinski definition) is 1. The number of imidazole rings is 1. The van der Waals surface area contributed by atoms with Gasteiger partial charge in [0.15, 0.2) is 0 Å². The minimum absolute atomic E-state index is 0.0212. The van der Waals surface area contributed by atoms with Gasteiger partial charge in [0.05, 0.1) is 24.7 Å². The quantitative estimate of drug-likeness (QED) is 0.634. The summed E-state index contributed by atoms with van der Waals surface area (Å²) in [6, 6.07) is 16.4. The number of amides is 1. The van der Waals surface area contributed by atoms with E-state index in [2.05, 4.69) is 33.0 Å². The predicted octanol–water partition coefficient (Wildman–Crippen LogP) is 4.59. The van der Waals surface area contributed by atoms with Gasteiger partial charge in [0.25, 0.3) is 0 Å². The third kappa shape index (κ3) is 5.15. The number of fused-ring (bicyclic) bond motifs is 1. The minimum atomic E-state index is -0.509. The Morgan fingerprint density at radius 3 is 2.62 bits per heavy atom. The Bertz CT molecular complexity index is 1070. The van der Waals surface area contributed by atoms with Gasteiger partial charge in [0.2, 0.25) is 5.95 Å². The van der Waals surface area contributed by atoms with Crippen molar-refractivity contribution in [1.29, 1.82) is 0 Å². The number of nitrogens with zero attached hydrogens (tertiary/aromatic N) is 3. The molecule has 1 fully saturated rings. The number of ether oxygens (including phenoxy) is 2. The van der Waals surface area contributed by atoms with Crippen molar-refractivity contribution in [2.45, 2.75) is 51.8 Å². The van der Waals surface area contributed by atoms with Crippen molar-refractivity contribution in [3.63, 3.8) is 0 Å². The Morgan fingerprint density at radius 2 is 1.91 bits per heavy atom. The van der Waals surface area contributed by atoms with Gasteiger partial charge in [0.1, 0.15) is 11.4 Å². The molecule has 170 valence electrons. The van der Waals surface area contributed by atoms with Crippen LogP contribution in [0.5, 0.6) is 5.75 Å². The summed E-state index contributed by atoms with van der Waals surface area (Å²) in [6.45, 7) is 7.94. The van der Waals surface area contributed by atoms with Crippen LogP contribution in [0.15, 0.2) is 48.5 Å². The van der Waals surface area contributed by atoms with Crippen LogP contribution in [-0.4, -0.2) is 47.5 Å². The summed E-state index contributed by atoms with van der Waals surface area (Å²) >= 11 is 0. The van der Waals surface area contributed by atoms with Crippen LogP contribution in [0.2, 0.25) is 0 Å². The monoisotopic (exact) mass is 436 g/mol. The molecule has 1 saturated heterocycles. The second-order valence-corrected chi connectivity index (χ2v) is 9.27. The molecule has 1 aliphatic heterocycles. The van der Waals surface area contributed by atoms with Gasteiger partial charge < -0.3 is 24.3 Å². The van der Waals surface area contributed by atoms with Crippen LogP contribution in [0.3, 0.4) is 0 Å². The van der Waals surface area contributed by atoms with E-state index in [1.165, 1.54) is 5.56 Å². The fourth-order valence-electron chi connectivity index (χ4n) is 4.12. The van der Waals surface area contributed by atoms with Crippen LogP contribution in [-0.2, 0) is 11.3 Å². The highest BCUT2D eigenvalue weighted by molar-refractivity contribution is 5.79. The summed E-state index contributed by atoms with van der Waals surface area (Å²) in [5.41, 5.74) is 2.74. The van der Waals surface area contributed by atoms with E-state index in [0.717, 1.165) is 42.1 Å². The molecule has 0 bridgehead atoms. The van der Waals surface area contributed by atoms with Crippen LogP contribution in [0, 0.1) is 0 Å². The van der Waals surface area contributed by atoms with Crippen LogP contribution in [0.1, 0.15) is 39.2 Å². The number of carbonyl (C=O) groups excluding carboxylic acids is 1. The normalized spacial score (nSPS) is 16.8. The largest absolute Gasteiger partial charge is 0.497 e. The molecular formula is C25H32N4O3. The number of piperidine rings is 1. The van der Waals surface area contributed by atoms with Crippen molar-refractivity contribution < 1.29 is 14.3 Å². The van der Waals surface area contributed by atoms with E-state index >= 15 is 0 Å². The number of hydrogen-bond acceptors (Lipinski definition) is 5. The first kappa shape index (κ1) is 22.0. The fourth-order valence-corrected chi connectivity index (χ4v) is 4.12. The van der Waals surface area contributed by atoms with Gasteiger partial charge in [-0.2, -0.15) is 0 Å². The number of nitrogens with one attached hydrogen (secondary N) is 1. The molecule has 7 nitrogen and oxygen atoms in total. The van der Waals surface area contributed by atoms with Gasteiger partial charge in [-0.15, -0.1) is 0 Å². The van der Waals surface area contributed by atoms with Crippen molar-refractivity contribution in [3.05, 3.63) is 54.1 Å². The molecule has 32 heavy (non-hydrogen) atoms. The number of para-hydroxylation sites is 2. The van der Waals surface area contributed by atoms with Crippen molar-refractivity contribution in [2.75, 3.05) is 25.1 Å². The van der Waals surface area contributed by atoms with Gasteiger partial charge in [-0.05, 0) is 63.4 Å². The standard InChI is InChI=1S/C25H32N4O3/c1-25(2,3)32-24(30)26-19-8-7-15-28(17-19)23-27-21-9-5-6-10-22(21)29(23)16-18-11-13-20(31-4)14-12-18/h5-6,9-14,19H,7-8,15-17H2,1-4H3,(H,26,30)/t19-/m0/s1. The van der Waals surface area contributed by atoms with E-state index in [4.69, 9.17) is 14.5 Å². The van der Waals surface area contributed by atoms with Crippen molar-refractivity contribution in [1.82, 2.24) is 14.9 Å². The molecule has 2 heterocycles. The molecule has 0 saturated carbocycles. The Morgan fingerprint density at radius 1 is 1.16 bits per heavy atom. The van der Waals surface area contributed by atoms with Crippen molar-refractivity contribution in [3.8, 4) is 5.75 Å². The van der Waals surface area contributed by atoms with E-state index < -0.39 is 5.60 Å². The Labute approximate surface area is 189 Å². The Hall–Kier alpha value is -3.22. The van der Waals surface area contributed by atoms with Gasteiger partial charge in [-0.25, -0.2) is 9.78 Å². The lowest BCUT2D eigenvalue weighted by atomic mass is 10.1. The van der Waals surface area contributed by atoms with E-state index in [0.29, 0.717) is 13.1 Å². The summed E-state index contributed by atoms with van der Waals surface area (Å²) in [5.74, 6) is 1.77. The average molecular weight is 437 g/mol. The Kier molecular flexibility index (Phi) is 6.26. The maximum absolute atomic E-state index is 12.3. The highest BCUT2D eigenvalue weighted by Crippen LogP contribution is 2.27. The number of methoxy groups -OCH3 is 1. The second-order valence-electron chi connectivity index (χ2n) is 9.27. The van der Waals surface area contributed by atoms with Gasteiger partial charge >= 0.3 is 6.09 Å². The first-order valence-electron chi connectivity index (χ1n) is 11.1. The molecule has 0 spiro atoms. The topological polar surface area (TPSA) is 68.6 Å². The zero-order chi connectivity index (χ0) is 22.7. The lowest BCUT2D eigenvalue weighted by molar-refractivity contribution is 0.0500. The molecule has 0 unspecified atom stereocenters. The lowest BCUT2D eigenvalue weighted by Gasteiger charge is -2.34. The number of rotatable bonds is 5. The maximum Gasteiger partial charge on any atom is 0.407 e. The molecule has 1 atom stereocenters. The molecule has 2 aromatic carbocycles. The van der Waals surface area contributed by atoms with E-state index in [9.17, 15) is 4.79 Å². The molecule has 0 aliphatic carbocycles. The summed E-state index contributed by atoms with van der Waals surface area (Å²) in [5, 5.41) is 3.04. The predicted molar refractivity (Wildman–Crippen MR) is 126 cm³/mol. The third-order valence-corrected chi connectivity index (χ3v) is 5.56. The molecule has 7 heteroatoms. The second kappa shape index (κ2) is 9.10. The van der Waals surface area contributed by atoms with Gasteiger partial charge in [-0.1, -0.05) is 24.3 Å². The smallest absolute Gasteiger partial charge is 0.407 e. The number of benzene rings is 2. The molecule has 1 aliphatic rings. The third-order valence-electron chi connectivity index (χ3n) is 5.56. The fraction of sp³-hybridized carbons (Fsp3) is 0.440. The summed E-state index contributed by atoms with van der Waals surface area (Å²) in [6.07, 6.45) is 1.54. The number of aromatic nitrogens is 2. The molecule has 1 aromatic heterocycles. The summed E-state index contributed by atoms with van der Waals surface area (Å²) in [7, 11) is 1.68. The van der Waals surface area contributed by atoms with Crippen LogP contribution in [0.4, 0.5) is 10.7 Å². The number of carbonyl (C=O) groups is 1. The summed E-state index contributed by atoms with van der Waals surface area (Å²) < 4.78 is 13.0. The Balaban J connectivity index is 1.57. The minimum Gasteiger partial charge on any atom is -0.497 e. The molecule has 1 amide bonds. The summed E-state index contributed by atoms with van der Waals surface area (Å²) in [4.78, 5) is 19.5. The lowest BCUT2D eigenvalue weighted by Crippen LogP contribution is -2.49. The van der Waals surface area contributed by atoms with Crippen LogP contribution in [0.25, 0.3) is 11.0 Å². The highest BCUT2D eigenvalue weighted by atomic mass is 16.6. The van der Waals surface area contributed by atoms with E-state index in [1.807, 2.05) is 51.1 Å². The molecule has 3 aromatic rings. The van der Waals surface area contributed by atoms with Crippen LogP contribution < -0.4 is 15.0 Å². The number of alkyl carbamates (subject to hydrolysis) is 1. The first-order valence-corrected chi connectivity index (χ1v) is 11.1. The van der Waals surface area contributed by atoms with E-state index in [-0.39, 0.29) is 12.1 Å². The SMILES string of the molecule is COc1ccc(Cn2c(N3CCC[C@H](NC(=O)OC(C)(C)C)C3)nc3ccccc32)cc1. The molecule has 0 radical (unpaired) electrons.